The van der Waals surface area contributed by atoms with Gasteiger partial charge in [-0.1, -0.05) is 65.8 Å². The number of cyclic esters (lactones) is 1. The van der Waals surface area contributed by atoms with Crippen LogP contribution in [0.15, 0.2) is 42.6 Å². The van der Waals surface area contributed by atoms with Crippen molar-refractivity contribution in [2.75, 3.05) is 41.0 Å². The number of carbonyl (C=O) groups is 2. The van der Waals surface area contributed by atoms with Gasteiger partial charge >= 0.3 is 5.97 Å². The van der Waals surface area contributed by atoms with E-state index in [0.717, 1.165) is 21.4 Å². The molecule has 1 unspecified atom stereocenters. The molecule has 73 heavy (non-hydrogen) atoms. The van der Waals surface area contributed by atoms with E-state index in [9.17, 15) is 39.6 Å². The number of methoxy groups -OCH3 is 1. The van der Waals surface area contributed by atoms with Crippen molar-refractivity contribution in [3.05, 3.63) is 53.9 Å². The first-order chi connectivity index (χ1) is 34.1. The Kier molecular flexibility index (Phi) is 20.9. The SMILES string of the molecule is CC[C@H]1OC(=O)[C@H](C)[C@@H](C2C[C@@](C)(OC)[C@@H](O)[C@H](C)O2)[C@H](C)[C@@H](O[C@@H]2O[C@H](C)C[C@H](N(C)CCC(=O)N[C@H](CF)Cc3ccc(-c4ccc(C)[n+](O)c4)cc3)[C@H]2O)[C@](C)(O)C[C@@H](C)CN(C)[C@H](C)[C@@H](O)C1(C)C. The second-order valence-corrected chi connectivity index (χ2v) is 23.3. The highest BCUT2D eigenvalue weighted by atomic mass is 19.1. The highest BCUT2D eigenvalue weighted by Crippen LogP contribution is 2.45. The summed E-state index contributed by atoms with van der Waals surface area (Å²) >= 11 is 0. The van der Waals surface area contributed by atoms with E-state index in [1.807, 2.05) is 111 Å². The Morgan fingerprint density at radius 2 is 1.63 bits per heavy atom. The van der Waals surface area contributed by atoms with E-state index in [1.54, 1.807) is 33.9 Å². The molecule has 3 fully saturated rings. The molecule has 0 aliphatic carbocycles. The van der Waals surface area contributed by atoms with Gasteiger partial charge in [0.05, 0.1) is 59.2 Å². The predicted molar refractivity (Wildman–Crippen MR) is 275 cm³/mol. The highest BCUT2D eigenvalue weighted by molar-refractivity contribution is 5.76. The third-order valence-corrected chi connectivity index (χ3v) is 16.9. The van der Waals surface area contributed by atoms with Gasteiger partial charge in [-0.05, 0) is 103 Å². The monoisotopic (exact) mass is 1030 g/mol. The van der Waals surface area contributed by atoms with Crippen molar-refractivity contribution in [2.24, 2.45) is 29.1 Å². The number of carbonyl (C=O) groups excluding carboxylic acids is 2. The fourth-order valence-corrected chi connectivity index (χ4v) is 12.2. The number of pyridine rings is 1. The first-order valence-corrected chi connectivity index (χ1v) is 26.6. The lowest BCUT2D eigenvalue weighted by molar-refractivity contribution is -0.908. The zero-order valence-corrected chi connectivity index (χ0v) is 46.5. The Balaban J connectivity index is 1.39. The molecule has 0 spiro atoms. The molecule has 3 aliphatic rings. The number of amides is 1. The Morgan fingerprint density at radius 3 is 2.23 bits per heavy atom. The minimum atomic E-state index is -1.60. The maximum Gasteiger partial charge on any atom is 0.309 e. The van der Waals surface area contributed by atoms with E-state index in [4.69, 9.17) is 23.7 Å². The summed E-state index contributed by atoms with van der Waals surface area (Å²) in [5.41, 5.74) is -0.236. The van der Waals surface area contributed by atoms with Crippen LogP contribution in [0, 0.1) is 36.0 Å². The van der Waals surface area contributed by atoms with Crippen molar-refractivity contribution in [2.45, 2.75) is 206 Å². The zero-order chi connectivity index (χ0) is 54.5. The minimum absolute atomic E-state index is 0.0293. The molecule has 414 valence electrons. The van der Waals surface area contributed by atoms with Crippen LogP contribution in [0.2, 0.25) is 0 Å². The van der Waals surface area contributed by atoms with Gasteiger partial charge in [0.15, 0.2) is 6.29 Å². The molecule has 0 bridgehead atoms. The maximum absolute atomic E-state index is 14.7. The number of likely N-dealkylation sites (N-methyl/N-ethyl adjacent to an activating group) is 2. The van der Waals surface area contributed by atoms with Gasteiger partial charge < -0.3 is 59.2 Å². The summed E-state index contributed by atoms with van der Waals surface area (Å²) in [6.45, 7) is 22.4. The van der Waals surface area contributed by atoms with Crippen molar-refractivity contribution in [1.82, 2.24) is 15.1 Å². The summed E-state index contributed by atoms with van der Waals surface area (Å²) < 4.78 is 47.9. The van der Waals surface area contributed by atoms with Crippen LogP contribution in [0.4, 0.5) is 4.39 Å². The number of ether oxygens (including phenoxy) is 5. The van der Waals surface area contributed by atoms with Crippen LogP contribution in [-0.2, 0) is 39.7 Å². The number of nitrogens with zero attached hydrogens (tertiary/aromatic N) is 3. The van der Waals surface area contributed by atoms with Crippen molar-refractivity contribution in [3.63, 3.8) is 0 Å². The fourth-order valence-electron chi connectivity index (χ4n) is 12.2. The van der Waals surface area contributed by atoms with E-state index < -0.39 is 114 Å². The van der Waals surface area contributed by atoms with Crippen molar-refractivity contribution >= 4 is 11.9 Å². The van der Waals surface area contributed by atoms with Gasteiger partial charge in [-0.3, -0.25) is 14.8 Å². The normalized spacial score (nSPS) is 37.7. The van der Waals surface area contributed by atoms with Gasteiger partial charge in [0.25, 0.3) is 0 Å². The third kappa shape index (κ3) is 14.4. The Morgan fingerprint density at radius 1 is 0.986 bits per heavy atom. The number of rotatable bonds is 14. The smallest absolute Gasteiger partial charge is 0.309 e. The molecule has 4 heterocycles. The number of esters is 1. The number of nitrogens with one attached hydrogen (secondary N) is 1. The fraction of sp³-hybridized carbons (Fsp3) is 0.768. The molecule has 1 amide bonds. The van der Waals surface area contributed by atoms with Crippen LogP contribution < -0.4 is 10.0 Å². The molecule has 3 saturated heterocycles. The molecule has 0 saturated carbocycles. The Hall–Kier alpha value is -3.36. The first kappa shape index (κ1) is 60.5. The lowest BCUT2D eigenvalue weighted by Gasteiger charge is -2.51. The molecule has 1 aromatic heterocycles. The number of aryl methyl sites for hydroxylation is 1. The summed E-state index contributed by atoms with van der Waals surface area (Å²) in [6.07, 6.45) is -4.64. The predicted octanol–water partition coefficient (Wildman–Crippen LogP) is 5.41. The van der Waals surface area contributed by atoms with Gasteiger partial charge in [0, 0.05) is 74.2 Å². The number of hydrogen-bond acceptors (Lipinski definition) is 14. The van der Waals surface area contributed by atoms with Crippen LogP contribution in [-0.4, -0.2) is 173 Å². The van der Waals surface area contributed by atoms with Crippen LogP contribution in [0.3, 0.4) is 0 Å². The number of benzene rings is 1. The molecule has 18 atom stereocenters. The number of aliphatic hydroxyl groups is 4. The summed E-state index contributed by atoms with van der Waals surface area (Å²) in [5.74, 6) is -3.20. The topological polar surface area (TPSA) is 204 Å². The van der Waals surface area contributed by atoms with Gasteiger partial charge in [-0.15, -0.1) is 0 Å². The number of aliphatic hydroxyl groups excluding tert-OH is 3. The number of halogens is 1. The summed E-state index contributed by atoms with van der Waals surface area (Å²) in [5, 5.41) is 61.4. The van der Waals surface area contributed by atoms with Crippen molar-refractivity contribution in [3.8, 4) is 11.1 Å². The average molecular weight is 1030 g/mol. The summed E-state index contributed by atoms with van der Waals surface area (Å²) in [6, 6.07) is 9.65. The highest BCUT2D eigenvalue weighted by Gasteiger charge is 2.55. The molecule has 16 nitrogen and oxygen atoms in total. The summed E-state index contributed by atoms with van der Waals surface area (Å²) in [4.78, 5) is 32.1. The molecule has 0 radical (unpaired) electrons. The second kappa shape index (κ2) is 25.2. The van der Waals surface area contributed by atoms with Crippen LogP contribution in [0.25, 0.3) is 11.1 Å². The Bertz CT molecular complexity index is 2100. The van der Waals surface area contributed by atoms with Gasteiger partial charge in [0.1, 0.15) is 25.0 Å². The molecular formula is C56H92FN4O12+. The molecule has 3 aliphatic heterocycles. The molecule has 17 heteroatoms. The molecule has 6 N–H and O–H groups in total. The average Bonchev–Trinajstić information content (AvgIpc) is 3.33. The van der Waals surface area contributed by atoms with E-state index in [-0.39, 0.29) is 50.1 Å². The molecule has 5 rings (SSSR count). The van der Waals surface area contributed by atoms with Crippen molar-refractivity contribution in [1.29, 1.82) is 0 Å². The standard InChI is InChI=1S/C56H91FN4O12/c1-16-45-54(9,10)49(64)37(7)60(14)30-32(2)27-55(11,67)51(35(5)47(36(6)52(66)72-45)44-28-56(12,69-15)50(65)38(8)71-44)73-53-48(63)43(25-34(4)70-53)59(13)24-23-46(62)58-42(29-57)26-39-18-21-40(22-19-39)41-20-17-33(3)61(68)31-41/h17-22,31-32,34-38,42-45,47-51,53,63-65,67H,16,23-30H2,1-15H3,(H-,58,62,68)/p+1/t32-,34-,35+,36-,37-,38+,42+,43+,44?,45-,47+,48-,49-,50+,51-,53+,55-,56-/m1/s1. The van der Waals surface area contributed by atoms with E-state index >= 15 is 0 Å². The first-order valence-electron chi connectivity index (χ1n) is 26.6. The van der Waals surface area contributed by atoms with E-state index in [1.165, 1.54) is 7.11 Å². The van der Waals surface area contributed by atoms with Gasteiger partial charge in [-0.25, -0.2) is 4.39 Å². The maximum atomic E-state index is 14.7. The zero-order valence-electron chi connectivity index (χ0n) is 46.5. The Labute approximate surface area is 434 Å². The lowest BCUT2D eigenvalue weighted by atomic mass is 9.68. The quantitative estimate of drug-likeness (QED) is 0.0797. The van der Waals surface area contributed by atoms with Crippen LogP contribution in [0.5, 0.6) is 0 Å². The molecule has 2 aromatic rings. The lowest BCUT2D eigenvalue weighted by Crippen LogP contribution is -2.62. The van der Waals surface area contributed by atoms with Gasteiger partial charge in [-0.2, -0.15) is 0 Å². The van der Waals surface area contributed by atoms with Crippen LogP contribution >= 0.6 is 0 Å². The van der Waals surface area contributed by atoms with Gasteiger partial charge in [0.2, 0.25) is 17.8 Å². The van der Waals surface area contributed by atoms with E-state index in [2.05, 4.69) is 10.2 Å². The van der Waals surface area contributed by atoms with E-state index in [0.29, 0.717) is 25.1 Å². The summed E-state index contributed by atoms with van der Waals surface area (Å²) in [7, 11) is 5.29. The largest absolute Gasteiger partial charge is 0.461 e. The van der Waals surface area contributed by atoms with Crippen LogP contribution in [0.1, 0.15) is 120 Å². The second-order valence-electron chi connectivity index (χ2n) is 23.3. The number of hydrogen-bond donors (Lipinski definition) is 6. The number of alkyl halides is 1. The number of aromatic nitrogens is 1. The molecular weight excluding hydrogens is 940 g/mol. The molecule has 1 aromatic carbocycles. The van der Waals surface area contributed by atoms with Crippen molar-refractivity contribution < 1.29 is 68.0 Å². The third-order valence-electron chi connectivity index (χ3n) is 16.9. The minimum Gasteiger partial charge on any atom is -0.461 e.